The van der Waals surface area contributed by atoms with Crippen LogP contribution >= 0.6 is 0 Å². The van der Waals surface area contributed by atoms with E-state index in [1.165, 1.54) is 11.1 Å². The predicted octanol–water partition coefficient (Wildman–Crippen LogP) is 4.83. The lowest BCUT2D eigenvalue weighted by atomic mass is 9.76. The fourth-order valence-corrected chi connectivity index (χ4v) is 3.77. The summed E-state index contributed by atoms with van der Waals surface area (Å²) in [5.41, 5.74) is 4.17. The number of nitrogens with one attached hydrogen (secondary N) is 2. The number of aromatic amines is 1. The Hall–Kier alpha value is -3.33. The highest BCUT2D eigenvalue weighted by molar-refractivity contribution is 5.88. The van der Waals surface area contributed by atoms with Gasteiger partial charge in [0, 0.05) is 29.1 Å². The van der Waals surface area contributed by atoms with Crippen molar-refractivity contribution in [3.63, 3.8) is 0 Å². The molecule has 0 radical (unpaired) electrons. The SMILES string of the molecule is CC(CNC(=O)Cc1c[nH]c2ccccc12)(c1ccccc1)c1ccccc1. The molecule has 0 aliphatic carbocycles. The molecular weight excluding hydrogens is 344 g/mol. The molecule has 0 fully saturated rings. The van der Waals surface area contributed by atoms with Crippen molar-refractivity contribution in [2.75, 3.05) is 6.54 Å². The average Bonchev–Trinajstić information content (AvgIpc) is 3.16. The van der Waals surface area contributed by atoms with Gasteiger partial charge < -0.3 is 10.3 Å². The summed E-state index contributed by atoms with van der Waals surface area (Å²) in [6, 6.07) is 28.8. The number of rotatable bonds is 6. The molecule has 3 nitrogen and oxygen atoms in total. The van der Waals surface area contributed by atoms with E-state index in [9.17, 15) is 4.79 Å². The summed E-state index contributed by atoms with van der Waals surface area (Å²) in [4.78, 5) is 16.0. The molecule has 0 bridgehead atoms. The lowest BCUT2D eigenvalue weighted by Gasteiger charge is -2.31. The van der Waals surface area contributed by atoms with Crippen LogP contribution in [-0.4, -0.2) is 17.4 Å². The number of H-pyrrole nitrogens is 1. The smallest absolute Gasteiger partial charge is 0.224 e. The summed E-state index contributed by atoms with van der Waals surface area (Å²) in [5, 5.41) is 4.27. The van der Waals surface area contributed by atoms with Crippen LogP contribution in [-0.2, 0) is 16.6 Å². The van der Waals surface area contributed by atoms with Crippen molar-refractivity contribution in [1.29, 1.82) is 0 Å². The van der Waals surface area contributed by atoms with Crippen LogP contribution < -0.4 is 5.32 Å². The van der Waals surface area contributed by atoms with E-state index in [4.69, 9.17) is 0 Å². The minimum Gasteiger partial charge on any atom is -0.361 e. The van der Waals surface area contributed by atoms with Crippen molar-refractivity contribution in [2.24, 2.45) is 0 Å². The van der Waals surface area contributed by atoms with Crippen LogP contribution in [0.1, 0.15) is 23.6 Å². The van der Waals surface area contributed by atoms with Crippen molar-refractivity contribution in [3.05, 3.63) is 108 Å². The quantitative estimate of drug-likeness (QED) is 0.503. The number of carbonyl (C=O) groups excluding carboxylic acids is 1. The van der Waals surface area contributed by atoms with Gasteiger partial charge in [-0.1, -0.05) is 78.9 Å². The molecule has 0 saturated carbocycles. The van der Waals surface area contributed by atoms with Crippen molar-refractivity contribution in [2.45, 2.75) is 18.8 Å². The number of hydrogen-bond donors (Lipinski definition) is 2. The molecule has 3 aromatic carbocycles. The Morgan fingerprint density at radius 3 is 2.07 bits per heavy atom. The Labute approximate surface area is 165 Å². The van der Waals surface area contributed by atoms with Crippen molar-refractivity contribution in [1.82, 2.24) is 10.3 Å². The Bertz CT molecular complexity index is 1030. The van der Waals surface area contributed by atoms with Crippen LogP contribution in [0.3, 0.4) is 0 Å². The number of hydrogen-bond acceptors (Lipinski definition) is 1. The zero-order chi connectivity index (χ0) is 19.4. The highest BCUT2D eigenvalue weighted by atomic mass is 16.1. The molecule has 3 heteroatoms. The first-order valence-electron chi connectivity index (χ1n) is 9.59. The van der Waals surface area contributed by atoms with Crippen LogP contribution in [0, 0.1) is 0 Å². The van der Waals surface area contributed by atoms with E-state index in [0.717, 1.165) is 16.5 Å². The zero-order valence-electron chi connectivity index (χ0n) is 16.0. The summed E-state index contributed by atoms with van der Waals surface area (Å²) in [6.45, 7) is 2.73. The van der Waals surface area contributed by atoms with Gasteiger partial charge in [-0.05, 0) is 29.7 Å². The van der Waals surface area contributed by atoms with Gasteiger partial charge in [-0.3, -0.25) is 4.79 Å². The summed E-state index contributed by atoms with van der Waals surface area (Å²) < 4.78 is 0. The topological polar surface area (TPSA) is 44.9 Å². The third kappa shape index (κ3) is 3.56. The first-order chi connectivity index (χ1) is 13.7. The van der Waals surface area contributed by atoms with Gasteiger partial charge in [0.2, 0.25) is 5.91 Å². The Kier molecular flexibility index (Phi) is 4.98. The first-order valence-corrected chi connectivity index (χ1v) is 9.59. The van der Waals surface area contributed by atoms with Crippen molar-refractivity contribution >= 4 is 16.8 Å². The molecule has 1 aromatic heterocycles. The maximum Gasteiger partial charge on any atom is 0.224 e. The molecule has 2 N–H and O–H groups in total. The minimum atomic E-state index is -0.293. The van der Waals surface area contributed by atoms with E-state index in [1.807, 2.05) is 66.9 Å². The molecule has 1 heterocycles. The normalized spacial score (nSPS) is 11.5. The number of fused-ring (bicyclic) bond motifs is 1. The summed E-state index contributed by atoms with van der Waals surface area (Å²) in [5.74, 6) is 0.0304. The lowest BCUT2D eigenvalue weighted by Crippen LogP contribution is -2.40. The number of aromatic nitrogens is 1. The molecule has 0 saturated heterocycles. The van der Waals surface area contributed by atoms with Crippen LogP contribution in [0.25, 0.3) is 10.9 Å². The highest BCUT2D eigenvalue weighted by Crippen LogP contribution is 2.31. The zero-order valence-corrected chi connectivity index (χ0v) is 16.0. The molecule has 28 heavy (non-hydrogen) atoms. The largest absolute Gasteiger partial charge is 0.361 e. The maximum absolute atomic E-state index is 12.7. The second-order valence-electron chi connectivity index (χ2n) is 7.38. The Morgan fingerprint density at radius 1 is 0.857 bits per heavy atom. The second-order valence-corrected chi connectivity index (χ2v) is 7.38. The molecule has 140 valence electrons. The van der Waals surface area contributed by atoms with E-state index in [-0.39, 0.29) is 11.3 Å². The molecule has 0 aliphatic heterocycles. The number of carbonyl (C=O) groups is 1. The highest BCUT2D eigenvalue weighted by Gasteiger charge is 2.29. The maximum atomic E-state index is 12.7. The average molecular weight is 368 g/mol. The number of amides is 1. The number of para-hydroxylation sites is 1. The van der Waals surface area contributed by atoms with E-state index >= 15 is 0 Å². The fraction of sp³-hybridized carbons (Fsp3) is 0.160. The standard InChI is InChI=1S/C25H24N2O/c1-25(20-10-4-2-5-11-20,21-12-6-3-7-13-21)18-27-24(28)16-19-17-26-23-15-9-8-14-22(19)23/h2-15,17,26H,16,18H2,1H3,(H,27,28). The van der Waals surface area contributed by atoms with Crippen LogP contribution in [0.4, 0.5) is 0 Å². The first kappa shape index (κ1) is 18.1. The number of benzene rings is 3. The van der Waals surface area contributed by atoms with Gasteiger partial charge in [-0.15, -0.1) is 0 Å². The molecule has 4 aromatic rings. The Balaban J connectivity index is 1.54. The van der Waals surface area contributed by atoms with E-state index < -0.39 is 0 Å². The monoisotopic (exact) mass is 368 g/mol. The van der Waals surface area contributed by atoms with Crippen molar-refractivity contribution < 1.29 is 4.79 Å². The van der Waals surface area contributed by atoms with Gasteiger partial charge in [0.05, 0.1) is 6.42 Å². The van der Waals surface area contributed by atoms with Crippen molar-refractivity contribution in [3.8, 4) is 0 Å². The van der Waals surface area contributed by atoms with Gasteiger partial charge in [0.25, 0.3) is 0 Å². The van der Waals surface area contributed by atoms with Crippen LogP contribution in [0.15, 0.2) is 91.1 Å². The molecule has 0 aliphatic rings. The lowest BCUT2D eigenvalue weighted by molar-refractivity contribution is -0.120. The van der Waals surface area contributed by atoms with Crippen LogP contribution in [0.2, 0.25) is 0 Å². The summed E-state index contributed by atoms with van der Waals surface area (Å²) in [6.07, 6.45) is 2.29. The van der Waals surface area contributed by atoms with Gasteiger partial charge in [0.1, 0.15) is 0 Å². The van der Waals surface area contributed by atoms with E-state index in [2.05, 4.69) is 41.5 Å². The van der Waals surface area contributed by atoms with E-state index in [1.54, 1.807) is 0 Å². The molecule has 4 rings (SSSR count). The fourth-order valence-electron chi connectivity index (χ4n) is 3.77. The third-order valence-electron chi connectivity index (χ3n) is 5.49. The van der Waals surface area contributed by atoms with Gasteiger partial charge in [0.15, 0.2) is 0 Å². The van der Waals surface area contributed by atoms with E-state index in [0.29, 0.717) is 13.0 Å². The van der Waals surface area contributed by atoms with Crippen LogP contribution in [0.5, 0.6) is 0 Å². The second kappa shape index (κ2) is 7.73. The summed E-state index contributed by atoms with van der Waals surface area (Å²) in [7, 11) is 0. The molecule has 0 unspecified atom stereocenters. The molecule has 0 atom stereocenters. The van der Waals surface area contributed by atoms with Gasteiger partial charge in [-0.2, -0.15) is 0 Å². The molecule has 1 amide bonds. The molecular formula is C25H24N2O. The summed E-state index contributed by atoms with van der Waals surface area (Å²) >= 11 is 0. The predicted molar refractivity (Wildman–Crippen MR) is 114 cm³/mol. The third-order valence-corrected chi connectivity index (χ3v) is 5.49. The minimum absolute atomic E-state index is 0.0304. The molecule has 0 spiro atoms. The Morgan fingerprint density at radius 2 is 1.43 bits per heavy atom. The van der Waals surface area contributed by atoms with Gasteiger partial charge >= 0.3 is 0 Å². The van der Waals surface area contributed by atoms with Gasteiger partial charge in [-0.25, -0.2) is 0 Å².